The highest BCUT2D eigenvalue weighted by Crippen LogP contribution is 2.32. The van der Waals surface area contributed by atoms with Gasteiger partial charge in [-0.25, -0.2) is 4.98 Å². The number of hydrogen-bond acceptors (Lipinski definition) is 3. The Hall–Kier alpha value is -2.35. The number of rotatable bonds is 3. The fraction of sp³-hybridized carbons (Fsp3) is 0.444. The van der Waals surface area contributed by atoms with Crippen LogP contribution in [0.4, 0.5) is 13.2 Å². The molecular weight excluding hydrogens is 345 g/mol. The fourth-order valence-electron chi connectivity index (χ4n) is 3.18. The molecule has 2 heterocycles. The zero-order chi connectivity index (χ0) is 18.7. The molecule has 2 aromatic rings. The summed E-state index contributed by atoms with van der Waals surface area (Å²) >= 11 is 0. The molecule has 5 nitrogen and oxygen atoms in total. The number of aryl methyl sites for hydroxylation is 1. The summed E-state index contributed by atoms with van der Waals surface area (Å²) in [5.74, 6) is 0.290. The summed E-state index contributed by atoms with van der Waals surface area (Å²) in [7, 11) is 0. The van der Waals surface area contributed by atoms with E-state index >= 15 is 0 Å². The second-order valence-electron chi connectivity index (χ2n) is 6.48. The Kier molecular flexibility index (Phi) is 5.31. The lowest BCUT2D eigenvalue weighted by molar-refractivity contribution is -0.138. The molecule has 1 aromatic carbocycles. The van der Waals surface area contributed by atoms with Crippen LogP contribution in [0.1, 0.15) is 33.9 Å². The molecule has 1 aliphatic heterocycles. The molecule has 0 unspecified atom stereocenters. The van der Waals surface area contributed by atoms with Gasteiger partial charge in [0.15, 0.2) is 0 Å². The first-order valence-electron chi connectivity index (χ1n) is 8.53. The molecule has 0 aliphatic carbocycles. The minimum atomic E-state index is -4.54. The second kappa shape index (κ2) is 7.49. The van der Waals surface area contributed by atoms with Crippen molar-refractivity contribution in [2.75, 3.05) is 26.2 Å². The Morgan fingerprint density at radius 1 is 1.19 bits per heavy atom. The van der Waals surface area contributed by atoms with Gasteiger partial charge < -0.3 is 9.88 Å². The normalized spacial score (nSPS) is 16.5. The number of hydrogen-bond donors (Lipinski definition) is 1. The molecule has 0 bridgehead atoms. The maximum absolute atomic E-state index is 13.2. The highest BCUT2D eigenvalue weighted by Gasteiger charge is 2.36. The monoisotopic (exact) mass is 366 g/mol. The van der Waals surface area contributed by atoms with E-state index in [4.69, 9.17) is 0 Å². The number of carbonyl (C=O) groups excluding carboxylic acids is 1. The Morgan fingerprint density at radius 2 is 1.96 bits per heavy atom. The smallest absolute Gasteiger partial charge is 0.345 e. The average Bonchev–Trinajstić information content (AvgIpc) is 2.87. The number of imidazole rings is 1. The number of aromatic nitrogens is 2. The van der Waals surface area contributed by atoms with E-state index in [0.29, 0.717) is 32.6 Å². The van der Waals surface area contributed by atoms with E-state index in [-0.39, 0.29) is 5.56 Å². The first-order valence-corrected chi connectivity index (χ1v) is 8.53. The fourth-order valence-corrected chi connectivity index (χ4v) is 3.18. The average molecular weight is 366 g/mol. The molecule has 0 saturated carbocycles. The molecule has 0 spiro atoms. The summed E-state index contributed by atoms with van der Waals surface area (Å²) in [5, 5.41) is 0. The van der Waals surface area contributed by atoms with Crippen LogP contribution in [0.2, 0.25) is 0 Å². The van der Waals surface area contributed by atoms with Gasteiger partial charge >= 0.3 is 6.18 Å². The van der Waals surface area contributed by atoms with E-state index in [2.05, 4.69) is 14.9 Å². The van der Waals surface area contributed by atoms with Crippen molar-refractivity contribution in [1.29, 1.82) is 0 Å². The lowest BCUT2D eigenvalue weighted by atomic mass is 10.1. The standard InChI is InChI=1S/C18H21F3N4O/c1-13-11-22-16(23-13)12-24-7-4-8-25(10-9-24)17(26)14-5-2-3-6-15(14)18(19,20)21/h2-3,5-6,11H,4,7-10,12H2,1H3,(H,22,23). The van der Waals surface area contributed by atoms with Crippen LogP contribution in [-0.4, -0.2) is 51.9 Å². The Balaban J connectivity index is 1.68. The molecule has 26 heavy (non-hydrogen) atoms. The lowest BCUT2D eigenvalue weighted by Crippen LogP contribution is -2.36. The number of carbonyl (C=O) groups is 1. The second-order valence-corrected chi connectivity index (χ2v) is 6.48. The SMILES string of the molecule is Cc1cnc(CN2CCCN(C(=O)c3ccccc3C(F)(F)F)CC2)[nH]1. The van der Waals surface area contributed by atoms with Crippen LogP contribution in [0.5, 0.6) is 0 Å². The Labute approximate surface area is 149 Å². The van der Waals surface area contributed by atoms with Gasteiger partial charge in [-0.05, 0) is 25.5 Å². The first kappa shape index (κ1) is 18.4. The number of alkyl halides is 3. The highest BCUT2D eigenvalue weighted by molar-refractivity contribution is 5.96. The van der Waals surface area contributed by atoms with Gasteiger partial charge in [0.1, 0.15) is 5.82 Å². The minimum Gasteiger partial charge on any atom is -0.345 e. The predicted molar refractivity (Wildman–Crippen MR) is 90.6 cm³/mol. The number of nitrogens with zero attached hydrogens (tertiary/aromatic N) is 3. The van der Waals surface area contributed by atoms with Crippen molar-refractivity contribution in [3.05, 3.63) is 53.1 Å². The van der Waals surface area contributed by atoms with Crippen LogP contribution in [0.25, 0.3) is 0 Å². The molecule has 1 aromatic heterocycles. The molecule has 140 valence electrons. The molecule has 1 fully saturated rings. The maximum atomic E-state index is 13.2. The molecule has 1 amide bonds. The van der Waals surface area contributed by atoms with Crippen LogP contribution >= 0.6 is 0 Å². The van der Waals surface area contributed by atoms with Gasteiger partial charge in [0, 0.05) is 38.1 Å². The molecule has 1 aliphatic rings. The van der Waals surface area contributed by atoms with Gasteiger partial charge in [-0.15, -0.1) is 0 Å². The van der Waals surface area contributed by atoms with E-state index in [9.17, 15) is 18.0 Å². The number of benzene rings is 1. The van der Waals surface area contributed by atoms with Crippen molar-refractivity contribution in [1.82, 2.24) is 19.8 Å². The summed E-state index contributed by atoms with van der Waals surface area (Å²) < 4.78 is 39.5. The minimum absolute atomic E-state index is 0.282. The Bertz CT molecular complexity index is 772. The first-order chi connectivity index (χ1) is 12.3. The zero-order valence-corrected chi connectivity index (χ0v) is 14.5. The summed E-state index contributed by atoms with van der Waals surface area (Å²) in [6.45, 7) is 4.76. The number of amides is 1. The largest absolute Gasteiger partial charge is 0.417 e. The zero-order valence-electron chi connectivity index (χ0n) is 14.5. The summed E-state index contributed by atoms with van der Waals surface area (Å²) in [6, 6.07) is 4.97. The van der Waals surface area contributed by atoms with Crippen molar-refractivity contribution in [2.45, 2.75) is 26.1 Å². The molecule has 0 radical (unpaired) electrons. The third-order valence-electron chi connectivity index (χ3n) is 4.47. The van der Waals surface area contributed by atoms with E-state index in [1.165, 1.54) is 23.1 Å². The van der Waals surface area contributed by atoms with E-state index in [0.717, 1.165) is 24.1 Å². The highest BCUT2D eigenvalue weighted by atomic mass is 19.4. The molecule has 0 atom stereocenters. The molecule has 8 heteroatoms. The van der Waals surface area contributed by atoms with Crippen molar-refractivity contribution in [3.8, 4) is 0 Å². The Morgan fingerprint density at radius 3 is 2.65 bits per heavy atom. The topological polar surface area (TPSA) is 52.2 Å². The van der Waals surface area contributed by atoms with Crippen molar-refractivity contribution < 1.29 is 18.0 Å². The molecular formula is C18H21F3N4O. The quantitative estimate of drug-likeness (QED) is 0.908. The number of aromatic amines is 1. The molecule has 3 rings (SSSR count). The van der Waals surface area contributed by atoms with E-state index < -0.39 is 17.6 Å². The van der Waals surface area contributed by atoms with Crippen LogP contribution < -0.4 is 0 Å². The third-order valence-corrected chi connectivity index (χ3v) is 4.47. The third kappa shape index (κ3) is 4.24. The van der Waals surface area contributed by atoms with E-state index in [1.807, 2.05) is 6.92 Å². The van der Waals surface area contributed by atoms with Gasteiger partial charge in [-0.2, -0.15) is 13.2 Å². The van der Waals surface area contributed by atoms with E-state index in [1.54, 1.807) is 6.20 Å². The number of halogens is 3. The van der Waals surface area contributed by atoms with Gasteiger partial charge in [0.25, 0.3) is 5.91 Å². The number of H-pyrrole nitrogens is 1. The lowest BCUT2D eigenvalue weighted by Gasteiger charge is -2.23. The number of nitrogens with one attached hydrogen (secondary N) is 1. The van der Waals surface area contributed by atoms with Crippen molar-refractivity contribution in [2.24, 2.45) is 0 Å². The van der Waals surface area contributed by atoms with Crippen molar-refractivity contribution >= 4 is 5.91 Å². The van der Waals surface area contributed by atoms with Gasteiger partial charge in [0.05, 0.1) is 17.7 Å². The van der Waals surface area contributed by atoms with Gasteiger partial charge in [-0.3, -0.25) is 9.69 Å². The summed E-state index contributed by atoms with van der Waals surface area (Å²) in [5.41, 5.74) is -0.178. The maximum Gasteiger partial charge on any atom is 0.417 e. The summed E-state index contributed by atoms with van der Waals surface area (Å²) in [4.78, 5) is 23.8. The van der Waals surface area contributed by atoms with Crippen molar-refractivity contribution in [3.63, 3.8) is 0 Å². The van der Waals surface area contributed by atoms with Crippen LogP contribution in [0, 0.1) is 6.92 Å². The van der Waals surface area contributed by atoms with Gasteiger partial charge in [0.2, 0.25) is 0 Å². The molecule has 1 saturated heterocycles. The van der Waals surface area contributed by atoms with Crippen LogP contribution in [0.15, 0.2) is 30.5 Å². The van der Waals surface area contributed by atoms with Crippen LogP contribution in [0.3, 0.4) is 0 Å². The van der Waals surface area contributed by atoms with Crippen LogP contribution in [-0.2, 0) is 12.7 Å². The molecule has 1 N–H and O–H groups in total. The van der Waals surface area contributed by atoms with Gasteiger partial charge in [-0.1, -0.05) is 12.1 Å². The summed E-state index contributed by atoms with van der Waals surface area (Å²) in [6.07, 6.45) is -2.07. The predicted octanol–water partition coefficient (Wildman–Crippen LogP) is 3.09.